The van der Waals surface area contributed by atoms with Crippen molar-refractivity contribution >= 4 is 12.4 Å². The fraction of sp³-hybridized carbons (Fsp3) is 1.00. The molecule has 3 heteroatoms. The smallest absolute Gasteiger partial charge is 0.0466 e. The zero-order chi connectivity index (χ0) is 10.9. The molecular weight excluding hydrogens is 222 g/mol. The molecule has 1 aliphatic rings. The van der Waals surface area contributed by atoms with E-state index in [0.29, 0.717) is 0 Å². The summed E-state index contributed by atoms with van der Waals surface area (Å²) in [5.74, 6) is 0.930. The summed E-state index contributed by atoms with van der Waals surface area (Å²) in [6.45, 7) is 7.39. The summed E-state index contributed by atoms with van der Waals surface area (Å²) in [7, 11) is 0. The zero-order valence-corrected chi connectivity index (χ0v) is 11.7. The molecule has 0 aromatic carbocycles. The van der Waals surface area contributed by atoms with Crippen LogP contribution in [0.3, 0.4) is 0 Å². The molecule has 0 saturated heterocycles. The van der Waals surface area contributed by atoms with Gasteiger partial charge in [-0.25, -0.2) is 0 Å². The molecule has 1 rings (SSSR count). The highest BCUT2D eigenvalue weighted by Crippen LogP contribution is 2.23. The lowest BCUT2D eigenvalue weighted by Gasteiger charge is -2.27. The van der Waals surface area contributed by atoms with Crippen molar-refractivity contribution in [2.75, 3.05) is 19.8 Å². The first kappa shape index (κ1) is 16.2. The SMILES string of the molecule is CCOCCCCNC1CCCC(C)C1.Cl. The van der Waals surface area contributed by atoms with Crippen LogP contribution in [0.4, 0.5) is 0 Å². The number of hydrogen-bond donors (Lipinski definition) is 1. The van der Waals surface area contributed by atoms with Crippen LogP contribution < -0.4 is 5.32 Å². The van der Waals surface area contributed by atoms with E-state index in [9.17, 15) is 0 Å². The number of halogens is 1. The van der Waals surface area contributed by atoms with Crippen molar-refractivity contribution in [2.45, 2.75) is 58.4 Å². The highest BCUT2D eigenvalue weighted by Gasteiger charge is 2.17. The Bertz CT molecular complexity index is 155. The first-order valence-corrected chi connectivity index (χ1v) is 6.64. The second-order valence-corrected chi connectivity index (χ2v) is 4.83. The Balaban J connectivity index is 0.00000225. The number of ether oxygens (including phenoxy) is 1. The minimum absolute atomic E-state index is 0. The quantitative estimate of drug-likeness (QED) is 0.699. The normalized spacial score (nSPS) is 25.1. The van der Waals surface area contributed by atoms with Crippen molar-refractivity contribution in [2.24, 2.45) is 5.92 Å². The topological polar surface area (TPSA) is 21.3 Å². The van der Waals surface area contributed by atoms with Crippen LogP contribution in [-0.4, -0.2) is 25.8 Å². The molecule has 16 heavy (non-hydrogen) atoms. The van der Waals surface area contributed by atoms with Crippen LogP contribution in [0.2, 0.25) is 0 Å². The number of unbranched alkanes of at least 4 members (excludes halogenated alkanes) is 1. The van der Waals surface area contributed by atoms with Crippen LogP contribution in [0.15, 0.2) is 0 Å². The number of hydrogen-bond acceptors (Lipinski definition) is 2. The molecule has 98 valence electrons. The second-order valence-electron chi connectivity index (χ2n) is 4.83. The van der Waals surface area contributed by atoms with E-state index in [1.165, 1.54) is 45.1 Å². The maximum Gasteiger partial charge on any atom is 0.0466 e. The minimum atomic E-state index is 0. The molecule has 0 spiro atoms. The van der Waals surface area contributed by atoms with Gasteiger partial charge in [-0.3, -0.25) is 0 Å². The van der Waals surface area contributed by atoms with E-state index in [1.54, 1.807) is 0 Å². The molecule has 0 aliphatic heterocycles. The average Bonchev–Trinajstić information content (AvgIpc) is 2.23. The molecule has 0 bridgehead atoms. The van der Waals surface area contributed by atoms with Crippen molar-refractivity contribution in [1.29, 1.82) is 0 Å². The lowest BCUT2D eigenvalue weighted by atomic mass is 9.87. The molecule has 0 heterocycles. The maximum absolute atomic E-state index is 5.31. The van der Waals surface area contributed by atoms with Gasteiger partial charge in [0.1, 0.15) is 0 Å². The standard InChI is InChI=1S/C13H27NO.ClH/c1-3-15-10-5-4-9-14-13-8-6-7-12(2)11-13;/h12-14H,3-11H2,1-2H3;1H. The van der Waals surface area contributed by atoms with Gasteiger partial charge in [0.05, 0.1) is 0 Å². The lowest BCUT2D eigenvalue weighted by Crippen LogP contribution is -2.34. The third-order valence-corrected chi connectivity index (χ3v) is 3.29. The summed E-state index contributed by atoms with van der Waals surface area (Å²) in [6, 6.07) is 0.792. The molecule has 1 N–H and O–H groups in total. The van der Waals surface area contributed by atoms with Crippen molar-refractivity contribution in [3.63, 3.8) is 0 Å². The monoisotopic (exact) mass is 249 g/mol. The van der Waals surface area contributed by atoms with E-state index in [-0.39, 0.29) is 12.4 Å². The molecule has 2 atom stereocenters. The molecule has 0 aromatic heterocycles. The maximum atomic E-state index is 5.31. The van der Waals surface area contributed by atoms with Crippen LogP contribution in [0, 0.1) is 5.92 Å². The Morgan fingerprint density at radius 1 is 1.25 bits per heavy atom. The summed E-state index contributed by atoms with van der Waals surface area (Å²) >= 11 is 0. The third-order valence-electron chi connectivity index (χ3n) is 3.29. The van der Waals surface area contributed by atoms with Crippen molar-refractivity contribution in [1.82, 2.24) is 5.32 Å². The van der Waals surface area contributed by atoms with Gasteiger partial charge in [0.25, 0.3) is 0 Å². The van der Waals surface area contributed by atoms with Crippen LogP contribution in [0.25, 0.3) is 0 Å². The fourth-order valence-corrected chi connectivity index (χ4v) is 2.40. The Morgan fingerprint density at radius 3 is 2.75 bits per heavy atom. The van der Waals surface area contributed by atoms with Gasteiger partial charge in [-0.2, -0.15) is 0 Å². The van der Waals surface area contributed by atoms with Gasteiger partial charge >= 0.3 is 0 Å². The van der Waals surface area contributed by atoms with Crippen LogP contribution in [0.1, 0.15) is 52.4 Å². The van der Waals surface area contributed by atoms with Gasteiger partial charge in [0.15, 0.2) is 0 Å². The Labute approximate surface area is 107 Å². The van der Waals surface area contributed by atoms with Crippen molar-refractivity contribution < 1.29 is 4.74 Å². The van der Waals surface area contributed by atoms with Gasteiger partial charge in [0, 0.05) is 19.3 Å². The Kier molecular flexibility index (Phi) is 10.5. The van der Waals surface area contributed by atoms with E-state index in [4.69, 9.17) is 4.74 Å². The molecule has 1 fully saturated rings. The molecule has 0 amide bonds. The lowest BCUT2D eigenvalue weighted by molar-refractivity contribution is 0.143. The van der Waals surface area contributed by atoms with Gasteiger partial charge < -0.3 is 10.1 Å². The molecule has 2 unspecified atom stereocenters. The second kappa shape index (κ2) is 10.4. The van der Waals surface area contributed by atoms with Gasteiger partial charge in [-0.1, -0.05) is 19.8 Å². The summed E-state index contributed by atoms with van der Waals surface area (Å²) in [4.78, 5) is 0. The molecule has 1 saturated carbocycles. The summed E-state index contributed by atoms with van der Waals surface area (Å²) in [5.41, 5.74) is 0. The van der Waals surface area contributed by atoms with E-state index in [1.807, 2.05) is 0 Å². The predicted molar refractivity (Wildman–Crippen MR) is 72.4 cm³/mol. The molecule has 2 nitrogen and oxygen atoms in total. The third kappa shape index (κ3) is 7.48. The largest absolute Gasteiger partial charge is 0.382 e. The predicted octanol–water partition coefficient (Wildman–Crippen LogP) is 3.39. The summed E-state index contributed by atoms with van der Waals surface area (Å²) < 4.78 is 5.31. The van der Waals surface area contributed by atoms with Gasteiger partial charge in [-0.15, -0.1) is 12.4 Å². The summed E-state index contributed by atoms with van der Waals surface area (Å²) in [6.07, 6.45) is 8.07. The molecule has 0 aromatic rings. The van der Waals surface area contributed by atoms with E-state index < -0.39 is 0 Å². The van der Waals surface area contributed by atoms with Crippen LogP contribution in [-0.2, 0) is 4.74 Å². The highest BCUT2D eigenvalue weighted by molar-refractivity contribution is 5.85. The van der Waals surface area contributed by atoms with E-state index in [0.717, 1.165) is 25.2 Å². The Hall–Kier alpha value is 0.210. The van der Waals surface area contributed by atoms with Crippen LogP contribution >= 0.6 is 12.4 Å². The first-order valence-electron chi connectivity index (χ1n) is 6.64. The zero-order valence-electron chi connectivity index (χ0n) is 10.8. The first-order chi connectivity index (χ1) is 7.33. The molecule has 1 aliphatic carbocycles. The molecular formula is C13H28ClNO. The van der Waals surface area contributed by atoms with Crippen molar-refractivity contribution in [3.8, 4) is 0 Å². The Morgan fingerprint density at radius 2 is 2.06 bits per heavy atom. The number of rotatable bonds is 7. The fourth-order valence-electron chi connectivity index (χ4n) is 2.40. The van der Waals surface area contributed by atoms with Crippen LogP contribution in [0.5, 0.6) is 0 Å². The minimum Gasteiger partial charge on any atom is -0.382 e. The van der Waals surface area contributed by atoms with Crippen molar-refractivity contribution in [3.05, 3.63) is 0 Å². The van der Waals surface area contributed by atoms with Gasteiger partial charge in [0.2, 0.25) is 0 Å². The highest BCUT2D eigenvalue weighted by atomic mass is 35.5. The van der Waals surface area contributed by atoms with Gasteiger partial charge in [-0.05, 0) is 45.1 Å². The van der Waals surface area contributed by atoms with E-state index in [2.05, 4.69) is 19.2 Å². The number of nitrogens with one attached hydrogen (secondary N) is 1. The van der Waals surface area contributed by atoms with E-state index >= 15 is 0 Å². The molecule has 0 radical (unpaired) electrons. The average molecular weight is 250 g/mol. The summed E-state index contributed by atoms with van der Waals surface area (Å²) in [5, 5.41) is 3.67.